The summed E-state index contributed by atoms with van der Waals surface area (Å²) in [5.41, 5.74) is 11.6. The molecule has 0 radical (unpaired) electrons. The fourth-order valence-corrected chi connectivity index (χ4v) is 7.64. The number of hydrogen-bond acceptors (Lipinski definition) is 0. The van der Waals surface area contributed by atoms with Gasteiger partial charge in [0.2, 0.25) is 0 Å². The summed E-state index contributed by atoms with van der Waals surface area (Å²) in [5, 5.41) is 5.30. The van der Waals surface area contributed by atoms with Crippen molar-refractivity contribution in [2.75, 3.05) is 0 Å². The zero-order valence-electron chi connectivity index (χ0n) is 31.4. The molecule has 0 heterocycles. The third kappa shape index (κ3) is 9.98. The van der Waals surface area contributed by atoms with E-state index < -0.39 is 18.0 Å². The van der Waals surface area contributed by atoms with Gasteiger partial charge in [-0.1, -0.05) is 171 Å². The predicted octanol–water partition coefficient (Wildman–Crippen LogP) is 14.9. The summed E-state index contributed by atoms with van der Waals surface area (Å²) in [4.78, 5) is 0. The van der Waals surface area contributed by atoms with E-state index in [0.29, 0.717) is 0 Å². The Kier molecular flexibility index (Phi) is 14.5. The second-order valence-corrected chi connectivity index (χ2v) is 37.7. The van der Waals surface area contributed by atoms with Crippen molar-refractivity contribution in [1.29, 1.82) is 0 Å². The van der Waals surface area contributed by atoms with Gasteiger partial charge in [-0.05, 0) is 55.9 Å². The van der Waals surface area contributed by atoms with E-state index in [2.05, 4.69) is 148 Å². The average molecular weight is 819 g/mol. The van der Waals surface area contributed by atoms with Crippen LogP contribution in [0.3, 0.4) is 0 Å². The van der Waals surface area contributed by atoms with E-state index in [1.54, 1.807) is 34.1 Å². The third-order valence-corrected chi connectivity index (χ3v) is 30.3. The van der Waals surface area contributed by atoms with Crippen molar-refractivity contribution in [3.63, 3.8) is 0 Å². The van der Waals surface area contributed by atoms with Gasteiger partial charge in [0.05, 0.1) is 0 Å². The standard InChI is InChI=1S/2C23H23.C2H6Si.2ClH.Zr/c2*1-2-3-7-17-14-20-10-6-11-22(23(20)15-17)21-13-12-18-8-4-5-9-19(18)16-21;1-3-2;;;/h2*4-6,8-13,16H,2-3,7,14-15H2,1H3;1-2H3;2*1H;/q2*-1;;;;+2/p-2. The monoisotopic (exact) mass is 816 g/mol. The Balaban J connectivity index is 0.000000155. The first-order valence-corrected chi connectivity index (χ1v) is 31.7. The first kappa shape index (κ1) is 39.2. The van der Waals surface area contributed by atoms with Crippen molar-refractivity contribution in [2.24, 2.45) is 0 Å². The molecule has 0 saturated heterocycles. The molecule has 2 aliphatic rings. The van der Waals surface area contributed by atoms with Gasteiger partial charge in [-0.2, -0.15) is 25.7 Å². The Hall–Kier alpha value is -2.48. The molecule has 0 spiro atoms. The van der Waals surface area contributed by atoms with Gasteiger partial charge in [-0.25, -0.2) is 0 Å². The van der Waals surface area contributed by atoms with Gasteiger partial charge < -0.3 is 11.8 Å². The Labute approximate surface area is 328 Å². The Morgan fingerprint density at radius 2 is 0.923 bits per heavy atom. The van der Waals surface area contributed by atoms with Crippen molar-refractivity contribution in [3.8, 4) is 22.3 Å². The fraction of sp³-hybridized carbons (Fsp3) is 0.292. The molecule has 0 fully saturated rings. The summed E-state index contributed by atoms with van der Waals surface area (Å²) in [7, 11) is 11.2. The molecule has 6 aromatic rings. The molecule has 4 heteroatoms. The van der Waals surface area contributed by atoms with Crippen molar-refractivity contribution in [3.05, 3.63) is 155 Å². The van der Waals surface area contributed by atoms with Crippen LogP contribution in [0.15, 0.2) is 121 Å². The first-order valence-electron chi connectivity index (χ1n) is 19.2. The van der Waals surface area contributed by atoms with Crippen molar-refractivity contribution in [1.82, 2.24) is 0 Å². The Morgan fingerprint density at radius 3 is 1.31 bits per heavy atom. The number of unbranched alkanes of at least 4 members (excludes halogenated alkanes) is 2. The molecule has 0 aliphatic heterocycles. The number of hydrogen-bond donors (Lipinski definition) is 0. The molecule has 0 amide bonds. The zero-order valence-corrected chi connectivity index (χ0v) is 36.3. The van der Waals surface area contributed by atoms with Gasteiger partial charge in [-0.15, -0.1) is 12.8 Å². The van der Waals surface area contributed by atoms with E-state index in [-0.39, 0.29) is 5.43 Å². The van der Waals surface area contributed by atoms with Crippen LogP contribution in [0.5, 0.6) is 0 Å². The van der Waals surface area contributed by atoms with Crippen LogP contribution in [0.4, 0.5) is 0 Å². The maximum atomic E-state index is 5.62. The Bertz CT molecular complexity index is 1990. The van der Waals surface area contributed by atoms with Crippen LogP contribution >= 0.6 is 17.0 Å². The summed E-state index contributed by atoms with van der Waals surface area (Å²) in [5.74, 6) is 3.44. The fourth-order valence-electron chi connectivity index (χ4n) is 7.64. The average Bonchev–Trinajstić information content (AvgIpc) is 3.80. The molecule has 52 heavy (non-hydrogen) atoms. The summed E-state index contributed by atoms with van der Waals surface area (Å²) >= 11 is -1.65. The van der Waals surface area contributed by atoms with Crippen molar-refractivity contribution >= 4 is 44.0 Å². The van der Waals surface area contributed by atoms with Crippen LogP contribution in [0.1, 0.15) is 74.6 Å². The molecular weight excluding hydrogens is 767 g/mol. The molecule has 8 rings (SSSR count). The summed E-state index contributed by atoms with van der Waals surface area (Å²) in [6.07, 6.45) is 12.6. The third-order valence-electron chi connectivity index (χ3n) is 10.5. The molecule has 2 aliphatic carbocycles. The van der Waals surface area contributed by atoms with Gasteiger partial charge in [0.15, 0.2) is 0 Å². The van der Waals surface area contributed by atoms with Crippen LogP contribution in [0, 0.1) is 11.8 Å². The molecule has 0 unspecified atom stereocenters. The first-order chi connectivity index (χ1) is 25.3. The van der Waals surface area contributed by atoms with Crippen molar-refractivity contribution < 1.29 is 18.0 Å². The number of rotatable bonds is 8. The van der Waals surface area contributed by atoms with E-state index >= 15 is 0 Å². The quantitative estimate of drug-likeness (QED) is 0.106. The van der Waals surface area contributed by atoms with Crippen LogP contribution in [0.25, 0.3) is 43.8 Å². The number of halogens is 2. The molecule has 268 valence electrons. The minimum atomic E-state index is -1.65. The van der Waals surface area contributed by atoms with E-state index in [9.17, 15) is 0 Å². The SMILES string of the molecule is CCCC[C-]1Cc2cccc(-c3ccc4ccccc4c3)c2C1.CCCC[C-]1Cc2cccc(-c3ccc4ccccc4c3)c2C1.C[Si](C)=[Zr]([Cl])[Cl]. The van der Waals surface area contributed by atoms with Crippen LogP contribution in [-0.4, -0.2) is 5.43 Å². The molecule has 0 N–H and O–H groups in total. The molecular formula is C48H52Cl2SiZr-2. The van der Waals surface area contributed by atoms with Gasteiger partial charge in [-0.3, -0.25) is 0 Å². The molecule has 6 aromatic carbocycles. The van der Waals surface area contributed by atoms with Gasteiger partial charge in [0.25, 0.3) is 0 Å². The molecule has 0 bridgehead atoms. The van der Waals surface area contributed by atoms with E-state index in [1.807, 2.05) is 0 Å². The van der Waals surface area contributed by atoms with Crippen LogP contribution < -0.4 is 0 Å². The molecule has 0 atom stereocenters. The van der Waals surface area contributed by atoms with Gasteiger partial charge in [0, 0.05) is 0 Å². The summed E-state index contributed by atoms with van der Waals surface area (Å²) in [6, 6.07) is 44.7. The molecule has 0 saturated carbocycles. The second-order valence-electron chi connectivity index (χ2n) is 14.7. The minimum absolute atomic E-state index is 0.224. The molecule has 0 aromatic heterocycles. The number of benzene rings is 6. The van der Waals surface area contributed by atoms with E-state index in [0.717, 1.165) is 0 Å². The zero-order chi connectivity index (χ0) is 36.5. The van der Waals surface area contributed by atoms with Crippen molar-refractivity contribution in [2.45, 2.75) is 91.1 Å². The summed E-state index contributed by atoms with van der Waals surface area (Å²) < 4.78 is 0. The van der Waals surface area contributed by atoms with Crippen LogP contribution in [0.2, 0.25) is 13.1 Å². The van der Waals surface area contributed by atoms with Gasteiger partial charge in [0.1, 0.15) is 0 Å². The topological polar surface area (TPSA) is 0 Å². The van der Waals surface area contributed by atoms with Crippen LogP contribution in [-0.2, 0) is 43.7 Å². The predicted molar refractivity (Wildman–Crippen MR) is 228 cm³/mol. The Morgan fingerprint density at radius 1 is 0.519 bits per heavy atom. The summed E-state index contributed by atoms with van der Waals surface area (Å²) in [6.45, 7) is 8.89. The molecule has 0 nitrogen and oxygen atoms in total. The van der Waals surface area contributed by atoms with E-state index in [4.69, 9.17) is 17.0 Å². The van der Waals surface area contributed by atoms with E-state index in [1.165, 1.54) is 108 Å². The normalized spacial score (nSPS) is 13.6. The second kappa shape index (κ2) is 19.2. The van der Waals surface area contributed by atoms with Gasteiger partial charge >= 0.3 is 53.5 Å². The maximum absolute atomic E-state index is 5.62. The number of fused-ring (bicyclic) bond motifs is 4.